The Hall–Kier alpha value is -1.75. The van der Waals surface area contributed by atoms with Crippen molar-refractivity contribution in [1.29, 1.82) is 0 Å². The number of Topliss-reactive ketones (excluding diaryl/α,β-unsaturated/α-hetero) is 1. The summed E-state index contributed by atoms with van der Waals surface area (Å²) < 4.78 is 24.3. The van der Waals surface area contributed by atoms with Gasteiger partial charge in [-0.05, 0) is 37.8 Å². The fraction of sp³-hybridized carbons (Fsp3) is 0.412. The van der Waals surface area contributed by atoms with E-state index in [0.29, 0.717) is 31.4 Å². The predicted octanol–water partition coefficient (Wildman–Crippen LogP) is 2.77. The second-order valence-corrected chi connectivity index (χ2v) is 8.84. The van der Waals surface area contributed by atoms with Gasteiger partial charge in [-0.25, -0.2) is 13.4 Å². The van der Waals surface area contributed by atoms with E-state index < -0.39 is 9.84 Å². The number of hydrogen-bond acceptors (Lipinski definition) is 4. The van der Waals surface area contributed by atoms with Gasteiger partial charge in [-0.3, -0.25) is 4.79 Å². The first-order valence-electron chi connectivity index (χ1n) is 7.68. The average molecular weight is 315 g/mol. The van der Waals surface area contributed by atoms with E-state index in [4.69, 9.17) is 0 Å². The van der Waals surface area contributed by atoms with Crippen LogP contribution in [-0.4, -0.2) is 29.7 Å². The first-order valence-corrected chi connectivity index (χ1v) is 9.29. The lowest BCUT2D eigenvalue weighted by molar-refractivity contribution is 0.0900. The molecule has 4 nitrogen and oxygen atoms in total. The van der Waals surface area contributed by atoms with Crippen LogP contribution in [0.2, 0.25) is 0 Å². The van der Waals surface area contributed by atoms with E-state index in [2.05, 4.69) is 4.98 Å². The van der Waals surface area contributed by atoms with Gasteiger partial charge in [0.1, 0.15) is 5.69 Å². The van der Waals surface area contributed by atoms with Crippen molar-refractivity contribution >= 4 is 26.5 Å². The van der Waals surface area contributed by atoms with Crippen molar-refractivity contribution in [3.63, 3.8) is 0 Å². The molecule has 2 atom stereocenters. The van der Waals surface area contributed by atoms with Crippen LogP contribution in [0.1, 0.15) is 36.2 Å². The lowest BCUT2D eigenvalue weighted by atomic mass is 9.92. The van der Waals surface area contributed by atoms with Crippen LogP contribution in [0.4, 0.5) is 0 Å². The van der Waals surface area contributed by atoms with Crippen molar-refractivity contribution in [3.05, 3.63) is 42.1 Å². The molecule has 2 aromatic rings. The summed E-state index contributed by atoms with van der Waals surface area (Å²) in [6, 6.07) is 11.4. The lowest BCUT2D eigenvalue weighted by Crippen LogP contribution is -2.36. The second-order valence-electron chi connectivity index (χ2n) is 6.33. The Morgan fingerprint density at radius 1 is 1.00 bits per heavy atom. The number of aromatic nitrogens is 1. The Morgan fingerprint density at radius 3 is 2.41 bits per heavy atom. The van der Waals surface area contributed by atoms with E-state index in [-0.39, 0.29) is 22.2 Å². The van der Waals surface area contributed by atoms with E-state index in [1.807, 2.05) is 30.3 Å². The average Bonchev–Trinajstić information content (AvgIpc) is 2.72. The molecule has 2 aliphatic heterocycles. The van der Waals surface area contributed by atoms with Gasteiger partial charge in [-0.2, -0.15) is 0 Å². The molecule has 2 bridgehead atoms. The molecule has 114 valence electrons. The van der Waals surface area contributed by atoms with Crippen LogP contribution in [0.15, 0.2) is 36.4 Å². The Morgan fingerprint density at radius 2 is 1.68 bits per heavy atom. The number of para-hydroxylation sites is 1. The fourth-order valence-electron chi connectivity index (χ4n) is 3.83. The summed E-state index contributed by atoms with van der Waals surface area (Å²) in [5, 5.41) is 0.367. The van der Waals surface area contributed by atoms with Crippen LogP contribution in [-0.2, 0) is 9.84 Å². The summed E-state index contributed by atoms with van der Waals surface area (Å²) in [5.41, 5.74) is 1.27. The highest BCUT2D eigenvalue weighted by atomic mass is 32.2. The minimum Gasteiger partial charge on any atom is -0.292 e. The van der Waals surface area contributed by atoms with Gasteiger partial charge in [0.05, 0.1) is 16.0 Å². The zero-order valence-electron chi connectivity index (χ0n) is 12.1. The molecule has 0 N–H and O–H groups in total. The standard InChI is InChI=1S/C17H17NO3S/c19-17(12-9-13-6-7-14(10-12)22(13,20)21)16-8-5-11-3-1-2-4-15(11)18-16/h1-5,8,12-14H,6-7,9-10H2. The molecule has 0 spiro atoms. The zero-order chi connectivity index (χ0) is 15.3. The van der Waals surface area contributed by atoms with Crippen LogP contribution >= 0.6 is 0 Å². The number of nitrogens with zero attached hydrogens (tertiary/aromatic N) is 1. The van der Waals surface area contributed by atoms with E-state index in [9.17, 15) is 13.2 Å². The van der Waals surface area contributed by atoms with Gasteiger partial charge in [-0.15, -0.1) is 0 Å². The molecular formula is C17H17NO3S. The third kappa shape index (κ3) is 2.07. The highest BCUT2D eigenvalue weighted by Crippen LogP contribution is 2.42. The van der Waals surface area contributed by atoms with Crippen LogP contribution in [0.25, 0.3) is 10.9 Å². The van der Waals surface area contributed by atoms with Gasteiger partial charge >= 0.3 is 0 Å². The fourth-order valence-corrected chi connectivity index (χ4v) is 6.31. The quantitative estimate of drug-likeness (QED) is 0.799. The molecule has 22 heavy (non-hydrogen) atoms. The SMILES string of the molecule is O=C(c1ccc2ccccc2n1)C1CC2CCC(C1)S2(=O)=O. The molecule has 0 radical (unpaired) electrons. The van der Waals surface area contributed by atoms with Gasteiger partial charge in [-0.1, -0.05) is 24.3 Å². The van der Waals surface area contributed by atoms with E-state index in [1.165, 1.54) is 0 Å². The van der Waals surface area contributed by atoms with E-state index >= 15 is 0 Å². The van der Waals surface area contributed by atoms with Crippen LogP contribution in [0, 0.1) is 5.92 Å². The maximum absolute atomic E-state index is 12.7. The molecule has 0 aliphatic carbocycles. The molecule has 2 aliphatic rings. The number of pyridine rings is 1. The molecule has 2 unspecified atom stereocenters. The maximum atomic E-state index is 12.7. The van der Waals surface area contributed by atoms with E-state index in [1.54, 1.807) is 6.07 Å². The first kappa shape index (κ1) is 13.9. The Bertz CT molecular complexity index is 839. The second kappa shape index (κ2) is 4.88. The smallest absolute Gasteiger partial charge is 0.184 e. The number of carbonyl (C=O) groups excluding carboxylic acids is 1. The van der Waals surface area contributed by atoms with Crippen molar-refractivity contribution in [1.82, 2.24) is 4.98 Å². The minimum atomic E-state index is -2.98. The van der Waals surface area contributed by atoms with Crippen molar-refractivity contribution in [3.8, 4) is 0 Å². The van der Waals surface area contributed by atoms with Gasteiger partial charge in [0.25, 0.3) is 0 Å². The number of hydrogen-bond donors (Lipinski definition) is 0. The molecule has 1 aromatic heterocycles. The van der Waals surface area contributed by atoms with Crippen LogP contribution in [0.3, 0.4) is 0 Å². The van der Waals surface area contributed by atoms with Crippen molar-refractivity contribution in [2.75, 3.05) is 0 Å². The third-order valence-electron chi connectivity index (χ3n) is 5.06. The summed E-state index contributed by atoms with van der Waals surface area (Å²) in [6.45, 7) is 0. The number of ketones is 1. The summed E-state index contributed by atoms with van der Waals surface area (Å²) in [5.74, 6) is -0.202. The number of carbonyl (C=O) groups is 1. The van der Waals surface area contributed by atoms with Crippen molar-refractivity contribution < 1.29 is 13.2 Å². The highest BCUT2D eigenvalue weighted by Gasteiger charge is 2.48. The van der Waals surface area contributed by atoms with Gasteiger partial charge in [0.15, 0.2) is 15.6 Å². The summed E-state index contributed by atoms with van der Waals surface area (Å²) in [4.78, 5) is 17.2. The van der Waals surface area contributed by atoms with E-state index in [0.717, 1.165) is 10.9 Å². The Labute approximate surface area is 129 Å². The molecule has 0 saturated carbocycles. The molecular weight excluding hydrogens is 298 g/mol. The molecule has 4 rings (SSSR count). The number of benzene rings is 1. The Kier molecular flexibility index (Phi) is 3.08. The Balaban J connectivity index is 1.64. The summed E-state index contributed by atoms with van der Waals surface area (Å²) in [7, 11) is -2.98. The topological polar surface area (TPSA) is 64.1 Å². The highest BCUT2D eigenvalue weighted by molar-refractivity contribution is 7.93. The number of rotatable bonds is 2. The van der Waals surface area contributed by atoms with Crippen LogP contribution < -0.4 is 0 Å². The molecule has 5 heteroatoms. The number of sulfone groups is 1. The lowest BCUT2D eigenvalue weighted by Gasteiger charge is -2.26. The van der Waals surface area contributed by atoms with Crippen LogP contribution in [0.5, 0.6) is 0 Å². The number of fused-ring (bicyclic) bond motifs is 3. The normalized spacial score (nSPS) is 29.5. The molecule has 2 saturated heterocycles. The van der Waals surface area contributed by atoms with Gasteiger partial charge in [0, 0.05) is 11.3 Å². The molecule has 1 aromatic carbocycles. The monoisotopic (exact) mass is 315 g/mol. The molecule has 3 heterocycles. The zero-order valence-corrected chi connectivity index (χ0v) is 12.9. The molecule has 0 amide bonds. The van der Waals surface area contributed by atoms with Gasteiger partial charge < -0.3 is 0 Å². The maximum Gasteiger partial charge on any atom is 0.184 e. The van der Waals surface area contributed by atoms with Crippen molar-refractivity contribution in [2.24, 2.45) is 5.92 Å². The predicted molar refractivity (Wildman–Crippen MR) is 84.5 cm³/mol. The molecule has 2 fully saturated rings. The third-order valence-corrected chi connectivity index (χ3v) is 7.77. The minimum absolute atomic E-state index is 0.00227. The summed E-state index contributed by atoms with van der Waals surface area (Å²) in [6.07, 6.45) is 2.35. The summed E-state index contributed by atoms with van der Waals surface area (Å²) >= 11 is 0. The first-order chi connectivity index (χ1) is 10.6. The van der Waals surface area contributed by atoms with Crippen molar-refractivity contribution in [2.45, 2.75) is 36.2 Å². The largest absolute Gasteiger partial charge is 0.292 e. The van der Waals surface area contributed by atoms with Gasteiger partial charge in [0.2, 0.25) is 0 Å².